The van der Waals surface area contributed by atoms with Gasteiger partial charge in [0, 0.05) is 5.54 Å². The van der Waals surface area contributed by atoms with Crippen LogP contribution in [-0.2, 0) is 6.54 Å². The molecule has 2 aromatic rings. The molecule has 0 amide bonds. The molecule has 0 atom stereocenters. The van der Waals surface area contributed by atoms with Gasteiger partial charge in [-0.05, 0) is 32.9 Å². The predicted molar refractivity (Wildman–Crippen MR) is 71.9 cm³/mol. The normalized spacial score (nSPS) is 11.8. The van der Waals surface area contributed by atoms with E-state index in [2.05, 4.69) is 15.5 Å². The number of hydrogen-bond acceptors (Lipinski definition) is 4. The average molecular weight is 283 g/mol. The van der Waals surface area contributed by atoms with Gasteiger partial charge in [-0.15, -0.1) is 10.2 Å². The Kier molecular flexibility index (Phi) is 3.91. The van der Waals surface area contributed by atoms with Gasteiger partial charge < -0.3 is 5.32 Å². The Bertz CT molecular complexity index is 576. The van der Waals surface area contributed by atoms with Crippen LogP contribution in [0, 0.1) is 11.6 Å². The summed E-state index contributed by atoms with van der Waals surface area (Å²) in [6.07, 6.45) is 0. The Morgan fingerprint density at radius 3 is 2.63 bits per heavy atom. The van der Waals surface area contributed by atoms with E-state index in [0.29, 0.717) is 11.6 Å². The minimum Gasteiger partial charge on any atom is -0.306 e. The summed E-state index contributed by atoms with van der Waals surface area (Å²) in [6, 6.07) is 4.05. The Morgan fingerprint density at radius 1 is 1.21 bits per heavy atom. The van der Waals surface area contributed by atoms with Crippen LogP contribution in [0.3, 0.4) is 0 Å². The standard InChI is InChI=1S/C13H15F2N3S/c1-13(2,3)16-7-10-17-18-12(19-10)8-5-4-6-9(14)11(8)15/h4-6,16H,7H2,1-3H3. The fourth-order valence-electron chi connectivity index (χ4n) is 1.44. The predicted octanol–water partition coefficient (Wildman–Crippen LogP) is 3.37. The first-order valence-electron chi connectivity index (χ1n) is 5.88. The van der Waals surface area contributed by atoms with E-state index in [4.69, 9.17) is 0 Å². The molecule has 1 aromatic heterocycles. The molecule has 2 rings (SSSR count). The van der Waals surface area contributed by atoms with Gasteiger partial charge in [0.25, 0.3) is 0 Å². The molecule has 0 fully saturated rings. The molecule has 0 spiro atoms. The van der Waals surface area contributed by atoms with Gasteiger partial charge in [0.1, 0.15) is 5.01 Å². The summed E-state index contributed by atoms with van der Waals surface area (Å²) in [5.41, 5.74) is 0.121. The van der Waals surface area contributed by atoms with E-state index in [1.54, 1.807) is 0 Å². The van der Waals surface area contributed by atoms with Crippen molar-refractivity contribution in [3.63, 3.8) is 0 Å². The molecule has 0 saturated carbocycles. The van der Waals surface area contributed by atoms with E-state index in [9.17, 15) is 8.78 Å². The Labute approximate surface area is 114 Å². The van der Waals surface area contributed by atoms with Crippen LogP contribution in [0.2, 0.25) is 0 Å². The Morgan fingerprint density at radius 2 is 1.95 bits per heavy atom. The highest BCUT2D eigenvalue weighted by atomic mass is 32.1. The first-order chi connectivity index (χ1) is 8.87. The molecule has 0 saturated heterocycles. The molecule has 19 heavy (non-hydrogen) atoms. The Balaban J connectivity index is 2.19. The molecule has 0 unspecified atom stereocenters. The highest BCUT2D eigenvalue weighted by Crippen LogP contribution is 2.27. The van der Waals surface area contributed by atoms with Crippen LogP contribution in [0.25, 0.3) is 10.6 Å². The number of nitrogens with zero attached hydrogens (tertiary/aromatic N) is 2. The lowest BCUT2D eigenvalue weighted by molar-refractivity contribution is 0.423. The summed E-state index contributed by atoms with van der Waals surface area (Å²) < 4.78 is 26.8. The smallest absolute Gasteiger partial charge is 0.169 e. The number of nitrogens with one attached hydrogen (secondary N) is 1. The zero-order valence-corrected chi connectivity index (χ0v) is 11.8. The molecule has 1 aromatic carbocycles. The molecule has 0 aliphatic carbocycles. The van der Waals surface area contributed by atoms with Crippen molar-refractivity contribution in [2.75, 3.05) is 0 Å². The van der Waals surface area contributed by atoms with Crippen LogP contribution >= 0.6 is 11.3 Å². The molecule has 0 aliphatic rings. The minimum absolute atomic E-state index is 0.0318. The van der Waals surface area contributed by atoms with Crippen LogP contribution in [0.5, 0.6) is 0 Å². The SMILES string of the molecule is CC(C)(C)NCc1nnc(-c2cccc(F)c2F)s1. The van der Waals surface area contributed by atoms with Crippen molar-refractivity contribution in [2.24, 2.45) is 0 Å². The fourth-order valence-corrected chi connectivity index (χ4v) is 2.24. The van der Waals surface area contributed by atoms with Gasteiger partial charge in [0.2, 0.25) is 0 Å². The van der Waals surface area contributed by atoms with Crippen LogP contribution in [0.4, 0.5) is 8.78 Å². The third-order valence-electron chi connectivity index (χ3n) is 2.42. The molecule has 0 bridgehead atoms. The van der Waals surface area contributed by atoms with Crippen molar-refractivity contribution >= 4 is 11.3 Å². The third kappa shape index (κ3) is 3.54. The summed E-state index contributed by atoms with van der Waals surface area (Å²) >= 11 is 1.26. The van der Waals surface area contributed by atoms with Gasteiger partial charge in [-0.2, -0.15) is 0 Å². The van der Waals surface area contributed by atoms with Crippen molar-refractivity contribution < 1.29 is 8.78 Å². The quantitative estimate of drug-likeness (QED) is 0.938. The molecular weight excluding hydrogens is 268 g/mol. The lowest BCUT2D eigenvalue weighted by atomic mass is 10.1. The van der Waals surface area contributed by atoms with Gasteiger partial charge in [-0.1, -0.05) is 17.4 Å². The first-order valence-corrected chi connectivity index (χ1v) is 6.70. The van der Waals surface area contributed by atoms with Crippen molar-refractivity contribution in [3.8, 4) is 10.6 Å². The van der Waals surface area contributed by atoms with E-state index >= 15 is 0 Å². The molecule has 0 radical (unpaired) electrons. The highest BCUT2D eigenvalue weighted by Gasteiger charge is 2.15. The first kappa shape index (κ1) is 14.0. The molecule has 1 N–H and O–H groups in total. The molecule has 6 heteroatoms. The summed E-state index contributed by atoms with van der Waals surface area (Å²) in [5, 5.41) is 12.3. The van der Waals surface area contributed by atoms with Gasteiger partial charge >= 0.3 is 0 Å². The zero-order valence-electron chi connectivity index (χ0n) is 11.0. The number of halogens is 2. The van der Waals surface area contributed by atoms with Gasteiger partial charge in [-0.3, -0.25) is 0 Å². The van der Waals surface area contributed by atoms with Crippen LogP contribution in [0.1, 0.15) is 25.8 Å². The second-order valence-electron chi connectivity index (χ2n) is 5.21. The molecular formula is C13H15F2N3S. The molecule has 102 valence electrons. The third-order valence-corrected chi connectivity index (χ3v) is 3.38. The number of aromatic nitrogens is 2. The second kappa shape index (κ2) is 5.30. The highest BCUT2D eigenvalue weighted by molar-refractivity contribution is 7.14. The lowest BCUT2D eigenvalue weighted by Crippen LogP contribution is -2.35. The van der Waals surface area contributed by atoms with Crippen LogP contribution < -0.4 is 5.32 Å². The van der Waals surface area contributed by atoms with Crippen molar-refractivity contribution in [1.29, 1.82) is 0 Å². The van der Waals surface area contributed by atoms with E-state index in [1.165, 1.54) is 23.5 Å². The topological polar surface area (TPSA) is 37.8 Å². The number of rotatable bonds is 3. The summed E-state index contributed by atoms with van der Waals surface area (Å²) in [5.74, 6) is -1.75. The Hall–Kier alpha value is -1.40. The van der Waals surface area contributed by atoms with Gasteiger partial charge in [-0.25, -0.2) is 8.78 Å². The maximum absolute atomic E-state index is 13.6. The van der Waals surface area contributed by atoms with Crippen molar-refractivity contribution in [2.45, 2.75) is 32.9 Å². The monoisotopic (exact) mass is 283 g/mol. The number of hydrogen-bond donors (Lipinski definition) is 1. The molecule has 0 aliphatic heterocycles. The minimum atomic E-state index is -0.881. The fraction of sp³-hybridized carbons (Fsp3) is 0.385. The van der Waals surface area contributed by atoms with Crippen molar-refractivity contribution in [1.82, 2.24) is 15.5 Å². The summed E-state index contributed by atoms with van der Waals surface area (Å²) in [6.45, 7) is 6.68. The van der Waals surface area contributed by atoms with Crippen LogP contribution in [-0.4, -0.2) is 15.7 Å². The number of benzene rings is 1. The average Bonchev–Trinajstić information content (AvgIpc) is 2.78. The van der Waals surface area contributed by atoms with Crippen LogP contribution in [0.15, 0.2) is 18.2 Å². The summed E-state index contributed by atoms with van der Waals surface area (Å²) in [7, 11) is 0. The summed E-state index contributed by atoms with van der Waals surface area (Å²) in [4.78, 5) is 0. The van der Waals surface area contributed by atoms with Gasteiger partial charge in [0.05, 0.1) is 12.1 Å². The molecule has 3 nitrogen and oxygen atoms in total. The zero-order chi connectivity index (χ0) is 14.0. The lowest BCUT2D eigenvalue weighted by Gasteiger charge is -2.19. The van der Waals surface area contributed by atoms with Gasteiger partial charge in [0.15, 0.2) is 16.6 Å². The molecule has 1 heterocycles. The van der Waals surface area contributed by atoms with E-state index in [0.717, 1.165) is 11.1 Å². The van der Waals surface area contributed by atoms with E-state index < -0.39 is 11.6 Å². The largest absolute Gasteiger partial charge is 0.306 e. The van der Waals surface area contributed by atoms with E-state index in [1.807, 2.05) is 20.8 Å². The van der Waals surface area contributed by atoms with Crippen molar-refractivity contribution in [3.05, 3.63) is 34.8 Å². The second-order valence-corrected chi connectivity index (χ2v) is 6.27. The maximum Gasteiger partial charge on any atom is 0.169 e. The maximum atomic E-state index is 13.6. The van der Waals surface area contributed by atoms with E-state index in [-0.39, 0.29) is 11.1 Å².